The normalized spacial score (nSPS) is 14.3. The molecule has 4 rings (SSSR count). The van der Waals surface area contributed by atoms with Crippen LogP contribution in [0.15, 0.2) is 72.8 Å². The van der Waals surface area contributed by atoms with E-state index in [-0.39, 0.29) is 42.5 Å². The zero-order chi connectivity index (χ0) is 28.5. The van der Waals surface area contributed by atoms with E-state index in [1.54, 1.807) is 36.4 Å². The molecule has 10 nitrogen and oxygen atoms in total. The standard InChI is InChI=1S/C30H32N4O6/c1-20-5-2-3-7-26(20)33-30(39)32-23-12-8-21(9-13-23)17-27(35)31-18-28(36)34(19-25-6-4-16-40-25)24-14-10-22(11-15-24)29(37)38/h2-3,5,7-15,25H,4,6,16-19H2,1H3,(H,31,35)(H,37,38)(H2,32,33,39). The van der Waals surface area contributed by atoms with Crippen LogP contribution < -0.4 is 20.9 Å². The highest BCUT2D eigenvalue weighted by Gasteiger charge is 2.24. The number of aryl methyl sites for hydroxylation is 1. The number of nitrogens with zero attached hydrogens (tertiary/aromatic N) is 1. The smallest absolute Gasteiger partial charge is 0.335 e. The fourth-order valence-corrected chi connectivity index (χ4v) is 4.35. The van der Waals surface area contributed by atoms with Gasteiger partial charge in [0.2, 0.25) is 11.8 Å². The van der Waals surface area contributed by atoms with E-state index >= 15 is 0 Å². The lowest BCUT2D eigenvalue weighted by molar-refractivity contribution is -0.124. The van der Waals surface area contributed by atoms with E-state index < -0.39 is 5.97 Å². The summed E-state index contributed by atoms with van der Waals surface area (Å²) in [5.41, 5.74) is 3.61. The van der Waals surface area contributed by atoms with E-state index in [0.29, 0.717) is 24.5 Å². The van der Waals surface area contributed by atoms with Crippen molar-refractivity contribution >= 4 is 40.9 Å². The van der Waals surface area contributed by atoms with Crippen molar-refractivity contribution < 1.29 is 29.0 Å². The molecule has 0 spiro atoms. The van der Waals surface area contributed by atoms with Gasteiger partial charge >= 0.3 is 12.0 Å². The van der Waals surface area contributed by atoms with Crippen LogP contribution in [0, 0.1) is 6.92 Å². The molecule has 40 heavy (non-hydrogen) atoms. The average Bonchev–Trinajstić information content (AvgIpc) is 3.46. The summed E-state index contributed by atoms with van der Waals surface area (Å²) in [6, 6.07) is 20.0. The number of para-hydroxylation sites is 1. The van der Waals surface area contributed by atoms with Crippen molar-refractivity contribution in [3.8, 4) is 0 Å². The Kier molecular flexibility index (Phi) is 9.48. The van der Waals surface area contributed by atoms with Crippen LogP contribution in [-0.4, -0.2) is 54.7 Å². The van der Waals surface area contributed by atoms with E-state index in [9.17, 15) is 19.2 Å². The van der Waals surface area contributed by atoms with Crippen LogP contribution in [0.2, 0.25) is 0 Å². The molecule has 0 saturated carbocycles. The summed E-state index contributed by atoms with van der Waals surface area (Å²) in [6.07, 6.45) is 1.67. The van der Waals surface area contributed by atoms with Gasteiger partial charge in [-0.15, -0.1) is 0 Å². The molecule has 1 heterocycles. The van der Waals surface area contributed by atoms with Crippen LogP contribution in [0.25, 0.3) is 0 Å². The summed E-state index contributed by atoms with van der Waals surface area (Å²) in [5, 5.41) is 17.4. The van der Waals surface area contributed by atoms with Gasteiger partial charge in [0.25, 0.3) is 0 Å². The lowest BCUT2D eigenvalue weighted by Crippen LogP contribution is -2.44. The number of ether oxygens (including phenoxy) is 1. The van der Waals surface area contributed by atoms with Gasteiger partial charge in [-0.1, -0.05) is 30.3 Å². The molecule has 4 N–H and O–H groups in total. The molecule has 1 saturated heterocycles. The number of hydrogen-bond donors (Lipinski definition) is 4. The first-order valence-corrected chi connectivity index (χ1v) is 13.0. The molecule has 10 heteroatoms. The van der Waals surface area contributed by atoms with Crippen LogP contribution in [0.3, 0.4) is 0 Å². The number of carboxylic acids is 1. The van der Waals surface area contributed by atoms with Crippen LogP contribution >= 0.6 is 0 Å². The molecule has 1 unspecified atom stereocenters. The Balaban J connectivity index is 1.29. The number of rotatable bonds is 10. The molecule has 0 bridgehead atoms. The van der Waals surface area contributed by atoms with Crippen molar-refractivity contribution in [2.75, 3.05) is 35.2 Å². The topological polar surface area (TPSA) is 137 Å². The van der Waals surface area contributed by atoms with Gasteiger partial charge < -0.3 is 30.7 Å². The number of aromatic carboxylic acids is 1. The zero-order valence-electron chi connectivity index (χ0n) is 22.2. The van der Waals surface area contributed by atoms with Gasteiger partial charge in [-0.25, -0.2) is 9.59 Å². The minimum atomic E-state index is -1.05. The third-order valence-electron chi connectivity index (χ3n) is 6.54. The maximum Gasteiger partial charge on any atom is 0.335 e. The summed E-state index contributed by atoms with van der Waals surface area (Å²) >= 11 is 0. The van der Waals surface area contributed by atoms with Gasteiger partial charge in [0.1, 0.15) is 0 Å². The van der Waals surface area contributed by atoms with Crippen molar-refractivity contribution in [2.24, 2.45) is 0 Å². The zero-order valence-corrected chi connectivity index (χ0v) is 22.2. The molecular formula is C30H32N4O6. The van der Waals surface area contributed by atoms with E-state index in [2.05, 4.69) is 16.0 Å². The predicted molar refractivity (Wildman–Crippen MR) is 152 cm³/mol. The molecule has 3 aromatic carbocycles. The van der Waals surface area contributed by atoms with Crippen molar-refractivity contribution in [3.63, 3.8) is 0 Å². The molecule has 4 amide bonds. The number of carbonyl (C=O) groups excluding carboxylic acids is 3. The van der Waals surface area contributed by atoms with Crippen molar-refractivity contribution in [2.45, 2.75) is 32.3 Å². The Labute approximate surface area is 232 Å². The van der Waals surface area contributed by atoms with E-state index in [0.717, 1.165) is 29.7 Å². The summed E-state index contributed by atoms with van der Waals surface area (Å²) < 4.78 is 5.68. The summed E-state index contributed by atoms with van der Waals surface area (Å²) in [7, 11) is 0. The van der Waals surface area contributed by atoms with Gasteiger partial charge in [-0.2, -0.15) is 0 Å². The maximum absolute atomic E-state index is 13.1. The van der Waals surface area contributed by atoms with Gasteiger partial charge in [0.15, 0.2) is 0 Å². The second kappa shape index (κ2) is 13.4. The van der Waals surface area contributed by atoms with Crippen molar-refractivity contribution in [3.05, 3.63) is 89.5 Å². The first-order valence-electron chi connectivity index (χ1n) is 13.0. The highest BCUT2D eigenvalue weighted by molar-refractivity contribution is 6.00. The lowest BCUT2D eigenvalue weighted by Gasteiger charge is -2.26. The number of carbonyl (C=O) groups is 4. The highest BCUT2D eigenvalue weighted by atomic mass is 16.5. The fourth-order valence-electron chi connectivity index (χ4n) is 4.35. The van der Waals surface area contributed by atoms with Gasteiger partial charge in [0, 0.05) is 23.7 Å². The first kappa shape index (κ1) is 28.3. The Morgan fingerprint density at radius 1 is 0.950 bits per heavy atom. The van der Waals surface area contributed by atoms with Crippen LogP contribution in [-0.2, 0) is 20.7 Å². The largest absolute Gasteiger partial charge is 0.478 e. The second-order valence-electron chi connectivity index (χ2n) is 9.54. The Morgan fingerprint density at radius 3 is 2.33 bits per heavy atom. The van der Waals surface area contributed by atoms with Crippen LogP contribution in [0.1, 0.15) is 34.3 Å². The molecule has 1 aliphatic rings. The summed E-state index contributed by atoms with van der Waals surface area (Å²) in [4.78, 5) is 50.7. The number of urea groups is 1. The molecule has 3 aromatic rings. The quantitative estimate of drug-likeness (QED) is 0.302. The maximum atomic E-state index is 13.1. The minimum absolute atomic E-state index is 0.0576. The number of amides is 4. The van der Waals surface area contributed by atoms with Crippen molar-refractivity contribution in [1.82, 2.24) is 5.32 Å². The number of benzene rings is 3. The summed E-state index contributed by atoms with van der Waals surface area (Å²) in [6.45, 7) is 2.63. The number of nitrogens with one attached hydrogen (secondary N) is 3. The average molecular weight is 545 g/mol. The molecule has 1 atom stereocenters. The van der Waals surface area contributed by atoms with Gasteiger partial charge in [0.05, 0.1) is 31.2 Å². The summed E-state index contributed by atoms with van der Waals surface area (Å²) in [5.74, 6) is -1.71. The molecule has 208 valence electrons. The lowest BCUT2D eigenvalue weighted by atomic mass is 10.1. The Bertz CT molecular complexity index is 1350. The second-order valence-corrected chi connectivity index (χ2v) is 9.54. The van der Waals surface area contributed by atoms with E-state index in [1.165, 1.54) is 17.0 Å². The van der Waals surface area contributed by atoms with E-state index in [4.69, 9.17) is 9.84 Å². The minimum Gasteiger partial charge on any atom is -0.478 e. The number of hydrogen-bond acceptors (Lipinski definition) is 5. The highest BCUT2D eigenvalue weighted by Crippen LogP contribution is 2.21. The van der Waals surface area contributed by atoms with Gasteiger partial charge in [-0.3, -0.25) is 9.59 Å². The molecule has 0 radical (unpaired) electrons. The van der Waals surface area contributed by atoms with Gasteiger partial charge in [-0.05, 0) is 73.4 Å². The van der Waals surface area contributed by atoms with E-state index in [1.807, 2.05) is 31.2 Å². The molecular weight excluding hydrogens is 512 g/mol. The Hall–Kier alpha value is -4.70. The molecule has 0 aromatic heterocycles. The fraction of sp³-hybridized carbons (Fsp3) is 0.267. The molecule has 0 aliphatic carbocycles. The Morgan fingerprint density at radius 2 is 1.68 bits per heavy atom. The third kappa shape index (κ3) is 7.90. The number of carboxylic acid groups (broad SMARTS) is 1. The molecule has 1 aliphatic heterocycles. The van der Waals surface area contributed by atoms with Crippen LogP contribution in [0.5, 0.6) is 0 Å². The first-order chi connectivity index (χ1) is 19.3. The van der Waals surface area contributed by atoms with Crippen LogP contribution in [0.4, 0.5) is 21.9 Å². The SMILES string of the molecule is Cc1ccccc1NC(=O)Nc1ccc(CC(=O)NCC(=O)N(CC2CCCO2)c2ccc(C(=O)O)cc2)cc1. The molecule has 1 fully saturated rings. The monoisotopic (exact) mass is 544 g/mol. The third-order valence-corrected chi connectivity index (χ3v) is 6.54. The van der Waals surface area contributed by atoms with Crippen molar-refractivity contribution in [1.29, 1.82) is 0 Å². The predicted octanol–water partition coefficient (Wildman–Crippen LogP) is 4.21. The number of anilines is 3.